The summed E-state index contributed by atoms with van der Waals surface area (Å²) in [6.07, 6.45) is 0. The molecule has 7 heteroatoms. The maximum absolute atomic E-state index is 13.0. The lowest BCUT2D eigenvalue weighted by Gasteiger charge is -2.14. The minimum absolute atomic E-state index is 0.0637. The van der Waals surface area contributed by atoms with Gasteiger partial charge in [-0.05, 0) is 67.3 Å². The van der Waals surface area contributed by atoms with Crippen LogP contribution in [0, 0.1) is 20.8 Å². The van der Waals surface area contributed by atoms with Crippen molar-refractivity contribution in [2.75, 3.05) is 4.72 Å². The summed E-state index contributed by atoms with van der Waals surface area (Å²) in [5.41, 5.74) is 3.87. The van der Waals surface area contributed by atoms with Crippen molar-refractivity contribution in [3.63, 3.8) is 0 Å². The van der Waals surface area contributed by atoms with Crippen LogP contribution in [0.5, 0.6) is 0 Å². The fourth-order valence-corrected chi connectivity index (χ4v) is 4.59. The van der Waals surface area contributed by atoms with E-state index in [-0.39, 0.29) is 22.9 Å². The lowest BCUT2D eigenvalue weighted by Crippen LogP contribution is -2.24. The predicted molar refractivity (Wildman–Crippen MR) is 121 cm³/mol. The number of nitrogens with one attached hydrogen (secondary N) is 2. The van der Waals surface area contributed by atoms with Crippen molar-refractivity contribution in [2.24, 2.45) is 0 Å². The summed E-state index contributed by atoms with van der Waals surface area (Å²) in [5.74, 6) is -0.377. The molecule has 3 aromatic rings. The average Bonchev–Trinajstić information content (AvgIpc) is 2.70. The molecular weight excluding hydrogens is 420 g/mol. The number of rotatable bonds is 6. The zero-order valence-corrected chi connectivity index (χ0v) is 18.6. The first-order valence-corrected chi connectivity index (χ1v) is 11.3. The van der Waals surface area contributed by atoms with Gasteiger partial charge in [0.25, 0.3) is 15.9 Å². The Hall–Kier alpha value is -2.83. The van der Waals surface area contributed by atoms with Gasteiger partial charge in [-0.2, -0.15) is 0 Å². The zero-order valence-electron chi connectivity index (χ0n) is 17.0. The Bertz CT molecular complexity index is 1210. The van der Waals surface area contributed by atoms with E-state index in [4.69, 9.17) is 11.6 Å². The molecule has 0 aliphatic heterocycles. The van der Waals surface area contributed by atoms with Gasteiger partial charge >= 0.3 is 0 Å². The summed E-state index contributed by atoms with van der Waals surface area (Å²) in [6, 6.07) is 17.4. The SMILES string of the molecule is Cc1ccc(C)c(NS(=O)(=O)c2cc(C(=O)NCc3ccccc3Cl)ccc2C)c1. The third-order valence-electron chi connectivity index (χ3n) is 4.77. The molecule has 3 rings (SSSR count). The van der Waals surface area contributed by atoms with Crippen LogP contribution in [-0.2, 0) is 16.6 Å². The summed E-state index contributed by atoms with van der Waals surface area (Å²) in [6.45, 7) is 5.67. The maximum atomic E-state index is 13.0. The molecule has 0 saturated carbocycles. The van der Waals surface area contributed by atoms with Crippen molar-refractivity contribution in [3.8, 4) is 0 Å². The summed E-state index contributed by atoms with van der Waals surface area (Å²) in [5, 5.41) is 3.34. The summed E-state index contributed by atoms with van der Waals surface area (Å²) < 4.78 is 28.7. The lowest BCUT2D eigenvalue weighted by molar-refractivity contribution is 0.0950. The molecule has 156 valence electrons. The van der Waals surface area contributed by atoms with Gasteiger partial charge in [-0.25, -0.2) is 8.42 Å². The number of anilines is 1. The molecule has 0 heterocycles. The molecule has 30 heavy (non-hydrogen) atoms. The number of carbonyl (C=O) groups is 1. The summed E-state index contributed by atoms with van der Waals surface area (Å²) in [7, 11) is -3.86. The van der Waals surface area contributed by atoms with E-state index in [1.807, 2.05) is 44.2 Å². The fraction of sp³-hybridized carbons (Fsp3) is 0.174. The van der Waals surface area contributed by atoms with Gasteiger partial charge in [-0.1, -0.05) is 48.0 Å². The molecule has 5 nitrogen and oxygen atoms in total. The standard InChI is InChI=1S/C23H23ClN2O3S/c1-15-8-9-16(2)21(12-15)26-30(28,29)22-13-18(11-10-17(22)3)23(27)25-14-19-6-4-5-7-20(19)24/h4-13,26H,14H2,1-3H3,(H,25,27). The molecule has 0 aromatic heterocycles. The number of aryl methyl sites for hydroxylation is 3. The number of benzene rings is 3. The zero-order chi connectivity index (χ0) is 21.9. The first-order valence-electron chi connectivity index (χ1n) is 9.40. The highest BCUT2D eigenvalue weighted by Gasteiger charge is 2.20. The van der Waals surface area contributed by atoms with Crippen LogP contribution >= 0.6 is 11.6 Å². The third-order valence-corrected chi connectivity index (χ3v) is 6.65. The van der Waals surface area contributed by atoms with Crippen LogP contribution in [0.2, 0.25) is 5.02 Å². The highest BCUT2D eigenvalue weighted by molar-refractivity contribution is 7.92. The minimum Gasteiger partial charge on any atom is -0.348 e. The van der Waals surface area contributed by atoms with E-state index in [0.29, 0.717) is 16.3 Å². The van der Waals surface area contributed by atoms with Gasteiger partial charge in [-0.15, -0.1) is 0 Å². The van der Waals surface area contributed by atoms with E-state index >= 15 is 0 Å². The van der Waals surface area contributed by atoms with Gasteiger partial charge in [-0.3, -0.25) is 9.52 Å². The molecule has 0 radical (unpaired) electrons. The smallest absolute Gasteiger partial charge is 0.262 e. The van der Waals surface area contributed by atoms with Crippen LogP contribution in [-0.4, -0.2) is 14.3 Å². The van der Waals surface area contributed by atoms with Gasteiger partial charge in [0.15, 0.2) is 0 Å². The van der Waals surface area contributed by atoms with Crippen LogP contribution in [0.3, 0.4) is 0 Å². The van der Waals surface area contributed by atoms with Crippen LogP contribution in [0.1, 0.15) is 32.6 Å². The Kier molecular flexibility index (Phi) is 6.48. The Morgan fingerprint density at radius 3 is 2.37 bits per heavy atom. The number of hydrogen-bond donors (Lipinski definition) is 2. The molecule has 0 aliphatic carbocycles. The minimum atomic E-state index is -3.86. The van der Waals surface area contributed by atoms with E-state index in [1.54, 1.807) is 31.2 Å². The first kappa shape index (κ1) is 21.9. The number of carbonyl (C=O) groups excluding carboxylic acids is 1. The fourth-order valence-electron chi connectivity index (χ4n) is 3.00. The van der Waals surface area contributed by atoms with Crippen LogP contribution < -0.4 is 10.0 Å². The first-order chi connectivity index (χ1) is 14.2. The number of hydrogen-bond acceptors (Lipinski definition) is 3. The van der Waals surface area contributed by atoms with Crippen LogP contribution in [0.25, 0.3) is 0 Å². The number of sulfonamides is 1. The molecule has 3 aromatic carbocycles. The molecule has 0 aliphatic rings. The van der Waals surface area contributed by atoms with Gasteiger partial charge in [0, 0.05) is 17.1 Å². The van der Waals surface area contributed by atoms with Crippen molar-refractivity contribution in [3.05, 3.63) is 93.5 Å². The van der Waals surface area contributed by atoms with Gasteiger partial charge in [0.2, 0.25) is 0 Å². The number of halogens is 1. The number of amides is 1. The third kappa shape index (κ3) is 5.01. The van der Waals surface area contributed by atoms with Gasteiger partial charge in [0.05, 0.1) is 10.6 Å². The maximum Gasteiger partial charge on any atom is 0.262 e. The highest BCUT2D eigenvalue weighted by atomic mass is 35.5. The Morgan fingerprint density at radius 2 is 1.63 bits per heavy atom. The molecule has 0 fully saturated rings. The van der Waals surface area contributed by atoms with E-state index in [1.165, 1.54) is 6.07 Å². The van der Waals surface area contributed by atoms with Crippen LogP contribution in [0.15, 0.2) is 65.6 Å². The van der Waals surface area contributed by atoms with Gasteiger partial charge in [0.1, 0.15) is 0 Å². The summed E-state index contributed by atoms with van der Waals surface area (Å²) in [4.78, 5) is 12.7. The summed E-state index contributed by atoms with van der Waals surface area (Å²) >= 11 is 6.12. The van der Waals surface area contributed by atoms with Crippen molar-refractivity contribution in [1.29, 1.82) is 0 Å². The largest absolute Gasteiger partial charge is 0.348 e. The van der Waals surface area contributed by atoms with Crippen molar-refractivity contribution in [2.45, 2.75) is 32.2 Å². The van der Waals surface area contributed by atoms with E-state index in [2.05, 4.69) is 10.0 Å². The van der Waals surface area contributed by atoms with Crippen molar-refractivity contribution >= 4 is 33.2 Å². The average molecular weight is 443 g/mol. The second-order valence-electron chi connectivity index (χ2n) is 7.18. The lowest BCUT2D eigenvalue weighted by atomic mass is 10.1. The second kappa shape index (κ2) is 8.90. The molecule has 0 spiro atoms. The highest BCUT2D eigenvalue weighted by Crippen LogP contribution is 2.24. The monoisotopic (exact) mass is 442 g/mol. The topological polar surface area (TPSA) is 75.3 Å². The van der Waals surface area contributed by atoms with Gasteiger partial charge < -0.3 is 5.32 Å². The predicted octanol–water partition coefficient (Wildman–Crippen LogP) is 5.00. The normalized spacial score (nSPS) is 11.2. The van der Waals surface area contributed by atoms with Crippen molar-refractivity contribution in [1.82, 2.24) is 5.32 Å². The van der Waals surface area contributed by atoms with E-state index in [9.17, 15) is 13.2 Å². The van der Waals surface area contributed by atoms with E-state index in [0.717, 1.165) is 16.7 Å². The molecule has 1 amide bonds. The van der Waals surface area contributed by atoms with Crippen molar-refractivity contribution < 1.29 is 13.2 Å². The Balaban J connectivity index is 1.84. The Morgan fingerprint density at radius 1 is 0.933 bits per heavy atom. The van der Waals surface area contributed by atoms with Crippen LogP contribution in [0.4, 0.5) is 5.69 Å². The Labute approximate surface area is 182 Å². The molecular formula is C23H23ClN2O3S. The molecule has 0 saturated heterocycles. The van der Waals surface area contributed by atoms with E-state index < -0.39 is 10.0 Å². The molecule has 0 bridgehead atoms. The second-order valence-corrected chi connectivity index (χ2v) is 9.24. The molecule has 0 unspecified atom stereocenters. The molecule has 2 N–H and O–H groups in total. The molecule has 0 atom stereocenters. The quantitative estimate of drug-likeness (QED) is 0.564.